The number of hydrazone groups is 1. The molecule has 1 heterocycles. The van der Waals surface area contributed by atoms with Crippen molar-refractivity contribution in [2.45, 2.75) is 5.41 Å². The van der Waals surface area contributed by atoms with E-state index in [1.807, 2.05) is 84.9 Å². The highest BCUT2D eigenvalue weighted by molar-refractivity contribution is 6.50. The second-order valence-corrected chi connectivity index (χ2v) is 7.29. The van der Waals surface area contributed by atoms with Gasteiger partial charge in [0.25, 0.3) is 0 Å². The zero-order valence-electron chi connectivity index (χ0n) is 16.3. The number of Topliss-reactive ketones (excluding diaryl/α,β-unsaturated/α-hetero) is 1. The Morgan fingerprint density at radius 2 is 1.13 bits per heavy atom. The second kappa shape index (κ2) is 7.45. The lowest BCUT2D eigenvalue weighted by molar-refractivity contribution is 0.106. The predicted molar refractivity (Wildman–Crippen MR) is 121 cm³/mol. The standard InChI is InChI=1S/C27H20N2O/c30-25(20-12-4-1-5-13-20)26-27(21-14-6-2-7-15-21,22-16-8-3-9-17-22)23-18-10-11-19-24(23)28-29-26/h1-19,28H. The molecule has 3 heteroatoms. The number of carbonyl (C=O) groups excluding carboxylic acids is 1. The Kier molecular flexibility index (Phi) is 4.49. The molecule has 144 valence electrons. The molecule has 0 aliphatic carbocycles. The van der Waals surface area contributed by atoms with Gasteiger partial charge >= 0.3 is 0 Å². The molecule has 0 saturated heterocycles. The minimum atomic E-state index is -0.822. The summed E-state index contributed by atoms with van der Waals surface area (Å²) in [5.74, 6) is -0.0923. The lowest BCUT2D eigenvalue weighted by Gasteiger charge is -2.40. The van der Waals surface area contributed by atoms with Crippen LogP contribution in [-0.2, 0) is 5.41 Å². The Bertz CT molecular complexity index is 1180. The monoisotopic (exact) mass is 388 g/mol. The molecular formula is C27H20N2O. The number of para-hydroxylation sites is 1. The molecule has 1 aliphatic rings. The van der Waals surface area contributed by atoms with Crippen LogP contribution in [0.3, 0.4) is 0 Å². The summed E-state index contributed by atoms with van der Waals surface area (Å²) >= 11 is 0. The van der Waals surface area contributed by atoms with E-state index >= 15 is 0 Å². The van der Waals surface area contributed by atoms with Crippen molar-refractivity contribution < 1.29 is 4.79 Å². The third-order valence-electron chi connectivity index (χ3n) is 5.64. The van der Waals surface area contributed by atoms with Gasteiger partial charge in [-0.3, -0.25) is 10.2 Å². The molecule has 4 aromatic rings. The minimum absolute atomic E-state index is 0.0923. The van der Waals surface area contributed by atoms with Crippen LogP contribution < -0.4 is 5.43 Å². The topological polar surface area (TPSA) is 41.5 Å². The minimum Gasteiger partial charge on any atom is -0.287 e. The third-order valence-corrected chi connectivity index (χ3v) is 5.64. The van der Waals surface area contributed by atoms with Crippen LogP contribution in [0.5, 0.6) is 0 Å². The Labute approximate surface area is 175 Å². The number of rotatable bonds is 4. The Morgan fingerprint density at radius 3 is 1.73 bits per heavy atom. The maximum absolute atomic E-state index is 13.8. The largest absolute Gasteiger partial charge is 0.287 e. The molecule has 0 unspecified atom stereocenters. The molecule has 30 heavy (non-hydrogen) atoms. The van der Waals surface area contributed by atoms with Crippen LogP contribution in [0.15, 0.2) is 120 Å². The molecule has 0 aromatic heterocycles. The van der Waals surface area contributed by atoms with Crippen molar-refractivity contribution in [3.63, 3.8) is 0 Å². The van der Waals surface area contributed by atoms with E-state index in [-0.39, 0.29) is 5.78 Å². The molecule has 0 atom stereocenters. The van der Waals surface area contributed by atoms with Gasteiger partial charge in [0.15, 0.2) is 0 Å². The van der Waals surface area contributed by atoms with Crippen LogP contribution >= 0.6 is 0 Å². The van der Waals surface area contributed by atoms with Gasteiger partial charge in [-0.1, -0.05) is 109 Å². The van der Waals surface area contributed by atoms with Crippen LogP contribution in [0.4, 0.5) is 5.69 Å². The fourth-order valence-electron chi connectivity index (χ4n) is 4.31. The quantitative estimate of drug-likeness (QED) is 0.457. The van der Waals surface area contributed by atoms with Gasteiger partial charge in [-0.2, -0.15) is 5.10 Å². The highest BCUT2D eigenvalue weighted by Gasteiger charge is 2.48. The summed E-state index contributed by atoms with van der Waals surface area (Å²) in [5.41, 5.74) is 7.31. The normalized spacial score (nSPS) is 14.2. The van der Waals surface area contributed by atoms with Crippen molar-refractivity contribution in [3.05, 3.63) is 138 Å². The van der Waals surface area contributed by atoms with Crippen LogP contribution in [0.25, 0.3) is 0 Å². The van der Waals surface area contributed by atoms with Crippen molar-refractivity contribution in [3.8, 4) is 0 Å². The van der Waals surface area contributed by atoms with E-state index in [2.05, 4.69) is 40.9 Å². The summed E-state index contributed by atoms with van der Waals surface area (Å²) in [5, 5.41) is 4.67. The molecule has 1 aliphatic heterocycles. The van der Waals surface area contributed by atoms with E-state index < -0.39 is 5.41 Å². The molecule has 0 spiro atoms. The second-order valence-electron chi connectivity index (χ2n) is 7.29. The summed E-state index contributed by atoms with van der Waals surface area (Å²) in [7, 11) is 0. The molecule has 3 nitrogen and oxygen atoms in total. The van der Waals surface area contributed by atoms with Crippen molar-refractivity contribution in [2.24, 2.45) is 5.10 Å². The van der Waals surface area contributed by atoms with Gasteiger partial charge in [-0.05, 0) is 22.8 Å². The van der Waals surface area contributed by atoms with Crippen LogP contribution in [0, 0.1) is 0 Å². The maximum atomic E-state index is 13.8. The molecule has 1 N–H and O–H groups in total. The van der Waals surface area contributed by atoms with E-state index in [0.717, 1.165) is 22.4 Å². The molecule has 4 aromatic carbocycles. The Hall–Kier alpha value is -3.98. The number of hydrogen-bond donors (Lipinski definition) is 1. The van der Waals surface area contributed by atoms with Crippen LogP contribution in [-0.4, -0.2) is 11.5 Å². The summed E-state index contributed by atoms with van der Waals surface area (Å²) in [6, 6.07) is 37.7. The van der Waals surface area contributed by atoms with Gasteiger partial charge in [-0.15, -0.1) is 0 Å². The molecule has 0 amide bonds. The number of fused-ring (bicyclic) bond motifs is 1. The van der Waals surface area contributed by atoms with E-state index in [0.29, 0.717) is 11.3 Å². The summed E-state index contributed by atoms with van der Waals surface area (Å²) in [6.45, 7) is 0. The Balaban J connectivity index is 1.86. The number of hydrogen-bond acceptors (Lipinski definition) is 3. The zero-order valence-corrected chi connectivity index (χ0v) is 16.3. The van der Waals surface area contributed by atoms with E-state index in [1.54, 1.807) is 0 Å². The van der Waals surface area contributed by atoms with Crippen molar-refractivity contribution in [2.75, 3.05) is 5.43 Å². The predicted octanol–water partition coefficient (Wildman–Crippen LogP) is 5.69. The van der Waals surface area contributed by atoms with Crippen LogP contribution in [0.1, 0.15) is 27.0 Å². The Morgan fingerprint density at radius 1 is 0.633 bits per heavy atom. The summed E-state index contributed by atoms with van der Waals surface area (Å²) < 4.78 is 0. The first kappa shape index (κ1) is 18.1. The summed E-state index contributed by atoms with van der Waals surface area (Å²) in [6.07, 6.45) is 0. The van der Waals surface area contributed by atoms with Gasteiger partial charge in [-0.25, -0.2) is 0 Å². The van der Waals surface area contributed by atoms with E-state index in [4.69, 9.17) is 0 Å². The number of ketones is 1. The molecule has 0 saturated carbocycles. The number of benzene rings is 4. The lowest BCUT2D eigenvalue weighted by atomic mass is 9.64. The lowest BCUT2D eigenvalue weighted by Crippen LogP contribution is -2.46. The first-order valence-corrected chi connectivity index (χ1v) is 9.96. The number of nitrogens with zero attached hydrogens (tertiary/aromatic N) is 1. The SMILES string of the molecule is O=C(C1=NNc2ccccc2C1(c1ccccc1)c1ccccc1)c1ccccc1. The molecule has 0 fully saturated rings. The molecule has 0 bridgehead atoms. The molecule has 5 rings (SSSR count). The van der Waals surface area contributed by atoms with Crippen molar-refractivity contribution >= 4 is 17.2 Å². The number of nitrogens with one attached hydrogen (secondary N) is 1. The highest BCUT2D eigenvalue weighted by atomic mass is 16.1. The fourth-order valence-corrected chi connectivity index (χ4v) is 4.31. The van der Waals surface area contributed by atoms with Gasteiger partial charge in [0.1, 0.15) is 5.71 Å². The average Bonchev–Trinajstić information content (AvgIpc) is 2.84. The van der Waals surface area contributed by atoms with E-state index in [9.17, 15) is 4.79 Å². The van der Waals surface area contributed by atoms with Gasteiger partial charge in [0.2, 0.25) is 5.78 Å². The molecule has 0 radical (unpaired) electrons. The van der Waals surface area contributed by atoms with Gasteiger partial charge < -0.3 is 0 Å². The average molecular weight is 388 g/mol. The number of anilines is 1. The maximum Gasteiger partial charge on any atom is 0.210 e. The van der Waals surface area contributed by atoms with Crippen LogP contribution in [0.2, 0.25) is 0 Å². The zero-order chi connectivity index (χ0) is 20.4. The summed E-state index contributed by atoms with van der Waals surface area (Å²) in [4.78, 5) is 13.8. The fraction of sp³-hybridized carbons (Fsp3) is 0.0370. The van der Waals surface area contributed by atoms with Gasteiger partial charge in [0.05, 0.1) is 11.1 Å². The van der Waals surface area contributed by atoms with Crippen molar-refractivity contribution in [1.29, 1.82) is 0 Å². The highest BCUT2D eigenvalue weighted by Crippen LogP contribution is 2.46. The smallest absolute Gasteiger partial charge is 0.210 e. The molecular weight excluding hydrogens is 368 g/mol. The van der Waals surface area contributed by atoms with E-state index in [1.165, 1.54) is 0 Å². The van der Waals surface area contributed by atoms with Gasteiger partial charge in [0, 0.05) is 5.56 Å². The number of carbonyl (C=O) groups is 1. The third kappa shape index (κ3) is 2.75. The first-order chi connectivity index (χ1) is 14.8. The first-order valence-electron chi connectivity index (χ1n) is 9.96. The van der Waals surface area contributed by atoms with Crippen molar-refractivity contribution in [1.82, 2.24) is 0 Å².